The number of ether oxygens (including phenoxy) is 1. The highest BCUT2D eigenvalue weighted by molar-refractivity contribution is 14.0. The number of aliphatic imine (C=N–C) groups is 1. The average molecular weight is 479 g/mol. The minimum atomic E-state index is 0. The molecule has 1 aromatic heterocycles. The van der Waals surface area contributed by atoms with Crippen molar-refractivity contribution in [2.24, 2.45) is 4.99 Å². The summed E-state index contributed by atoms with van der Waals surface area (Å²) in [7, 11) is 4.28. The van der Waals surface area contributed by atoms with Crippen molar-refractivity contribution in [1.82, 2.24) is 30.3 Å². The summed E-state index contributed by atoms with van der Waals surface area (Å²) in [5.74, 6) is 1.87. The van der Waals surface area contributed by atoms with Gasteiger partial charge >= 0.3 is 0 Å². The monoisotopic (exact) mass is 479 g/mol. The van der Waals surface area contributed by atoms with E-state index in [1.807, 2.05) is 0 Å². The van der Waals surface area contributed by atoms with Gasteiger partial charge in [0.1, 0.15) is 12.2 Å². The van der Waals surface area contributed by atoms with Crippen LogP contribution in [0, 0.1) is 0 Å². The number of nitrogens with zero attached hydrogens (tertiary/aromatic N) is 5. The molecule has 0 radical (unpaired) electrons. The third kappa shape index (κ3) is 6.34. The fourth-order valence-corrected chi connectivity index (χ4v) is 3.10. The predicted octanol–water partition coefficient (Wildman–Crippen LogP) is 1.12. The van der Waals surface area contributed by atoms with Gasteiger partial charge in [-0.15, -0.1) is 34.2 Å². The molecular weight excluding hydrogens is 445 g/mol. The second-order valence-electron chi connectivity index (χ2n) is 6.65. The van der Waals surface area contributed by atoms with Crippen molar-refractivity contribution in [3.8, 4) is 0 Å². The molecule has 0 atom stereocenters. The van der Waals surface area contributed by atoms with E-state index in [-0.39, 0.29) is 29.5 Å². The number of hydrogen-bond donors (Lipinski definition) is 2. The minimum Gasteiger partial charge on any atom is -0.381 e. The molecule has 0 bridgehead atoms. The van der Waals surface area contributed by atoms with Gasteiger partial charge in [0, 0.05) is 44.8 Å². The highest BCUT2D eigenvalue weighted by Crippen LogP contribution is 2.26. The van der Waals surface area contributed by atoms with Crippen molar-refractivity contribution >= 4 is 29.9 Å². The van der Waals surface area contributed by atoms with Gasteiger partial charge in [0.25, 0.3) is 0 Å². The summed E-state index contributed by atoms with van der Waals surface area (Å²) in [5.41, 5.74) is 0.0875. The van der Waals surface area contributed by atoms with E-state index in [0.29, 0.717) is 0 Å². The molecule has 0 saturated carbocycles. The third-order valence-electron chi connectivity index (χ3n) is 4.91. The predicted molar refractivity (Wildman–Crippen MR) is 115 cm³/mol. The molecule has 2 N–H and O–H groups in total. The van der Waals surface area contributed by atoms with E-state index in [0.717, 1.165) is 70.4 Å². The minimum absolute atomic E-state index is 0. The van der Waals surface area contributed by atoms with Crippen LogP contribution in [0.25, 0.3) is 0 Å². The maximum absolute atomic E-state index is 5.54. The lowest BCUT2D eigenvalue weighted by Gasteiger charge is -2.41. The molecule has 1 fully saturated rings. The first-order chi connectivity index (χ1) is 12.1. The third-order valence-corrected chi connectivity index (χ3v) is 4.91. The summed E-state index contributed by atoms with van der Waals surface area (Å²) in [6.07, 6.45) is 4.71. The molecule has 2 heterocycles. The van der Waals surface area contributed by atoms with Crippen LogP contribution < -0.4 is 10.6 Å². The molecule has 2 rings (SSSR count). The standard InChI is InChI=1S/C17H33N7O.HI/c1-5-15-22-21-14-24(15)10-9-19-16(18-6-2)20-13-17(23(3)4)7-11-25-12-8-17;/h14H,5-13H2,1-4H3,(H2,18,19,20);1H. The maximum atomic E-state index is 5.54. The van der Waals surface area contributed by atoms with E-state index in [1.165, 1.54) is 0 Å². The van der Waals surface area contributed by atoms with Gasteiger partial charge in [-0.2, -0.15) is 0 Å². The number of hydrogen-bond acceptors (Lipinski definition) is 5. The smallest absolute Gasteiger partial charge is 0.191 e. The summed E-state index contributed by atoms with van der Waals surface area (Å²) in [6.45, 7) is 9.02. The molecule has 1 aliphatic heterocycles. The first-order valence-corrected chi connectivity index (χ1v) is 9.25. The Morgan fingerprint density at radius 1 is 1.31 bits per heavy atom. The Morgan fingerprint density at radius 2 is 2.04 bits per heavy atom. The molecule has 1 saturated heterocycles. The van der Waals surface area contributed by atoms with Crippen molar-refractivity contribution in [3.63, 3.8) is 0 Å². The van der Waals surface area contributed by atoms with E-state index >= 15 is 0 Å². The number of nitrogens with one attached hydrogen (secondary N) is 2. The molecule has 1 aliphatic rings. The van der Waals surface area contributed by atoms with Crippen molar-refractivity contribution < 1.29 is 4.74 Å². The van der Waals surface area contributed by atoms with Crippen LogP contribution in [-0.4, -0.2) is 78.1 Å². The Hall–Kier alpha value is -0.940. The van der Waals surface area contributed by atoms with Gasteiger partial charge in [0.05, 0.1) is 6.54 Å². The highest BCUT2D eigenvalue weighted by atomic mass is 127. The van der Waals surface area contributed by atoms with Gasteiger partial charge in [-0.3, -0.25) is 4.99 Å². The Balaban J connectivity index is 0.00000338. The first kappa shape index (κ1) is 23.1. The molecule has 0 aromatic carbocycles. The second kappa shape index (κ2) is 11.7. The fraction of sp³-hybridized carbons (Fsp3) is 0.824. The number of guanidine groups is 1. The molecule has 9 heteroatoms. The largest absolute Gasteiger partial charge is 0.381 e. The normalized spacial score (nSPS) is 17.0. The molecule has 0 aliphatic carbocycles. The molecular formula is C17H34IN7O. The van der Waals surface area contributed by atoms with Crippen LogP contribution in [0.4, 0.5) is 0 Å². The molecule has 150 valence electrons. The van der Waals surface area contributed by atoms with Gasteiger partial charge in [0.2, 0.25) is 0 Å². The summed E-state index contributed by atoms with van der Waals surface area (Å²) >= 11 is 0. The quantitative estimate of drug-likeness (QED) is 0.331. The lowest BCUT2D eigenvalue weighted by Crippen LogP contribution is -2.51. The summed E-state index contributed by atoms with van der Waals surface area (Å²) in [6, 6.07) is 0. The Morgan fingerprint density at radius 3 is 2.65 bits per heavy atom. The number of halogens is 1. The lowest BCUT2D eigenvalue weighted by molar-refractivity contribution is -0.00254. The van der Waals surface area contributed by atoms with Crippen molar-refractivity contribution in [3.05, 3.63) is 12.2 Å². The van der Waals surface area contributed by atoms with E-state index in [1.54, 1.807) is 6.33 Å². The zero-order valence-electron chi connectivity index (χ0n) is 16.5. The van der Waals surface area contributed by atoms with Gasteiger partial charge in [0.15, 0.2) is 5.96 Å². The maximum Gasteiger partial charge on any atom is 0.191 e. The molecule has 1 aromatic rings. The van der Waals surface area contributed by atoms with E-state index in [9.17, 15) is 0 Å². The van der Waals surface area contributed by atoms with Gasteiger partial charge in [-0.25, -0.2) is 0 Å². The summed E-state index contributed by atoms with van der Waals surface area (Å²) in [5, 5.41) is 14.8. The molecule has 8 nitrogen and oxygen atoms in total. The van der Waals surface area contributed by atoms with Gasteiger partial charge in [-0.05, 0) is 33.9 Å². The van der Waals surface area contributed by atoms with E-state index < -0.39 is 0 Å². The van der Waals surface area contributed by atoms with Gasteiger partial charge < -0.3 is 24.8 Å². The van der Waals surface area contributed by atoms with Crippen molar-refractivity contribution in [2.45, 2.75) is 45.2 Å². The zero-order valence-corrected chi connectivity index (χ0v) is 18.8. The second-order valence-corrected chi connectivity index (χ2v) is 6.65. The zero-order chi connectivity index (χ0) is 18.1. The van der Waals surface area contributed by atoms with Crippen molar-refractivity contribution in [2.75, 3.05) is 46.9 Å². The number of aromatic nitrogens is 3. The van der Waals surface area contributed by atoms with Crippen LogP contribution >= 0.6 is 24.0 Å². The number of rotatable bonds is 8. The van der Waals surface area contributed by atoms with Crippen LogP contribution in [0.3, 0.4) is 0 Å². The van der Waals surface area contributed by atoms with Crippen LogP contribution in [0.15, 0.2) is 11.3 Å². The van der Waals surface area contributed by atoms with Crippen LogP contribution in [0.1, 0.15) is 32.5 Å². The number of likely N-dealkylation sites (N-methyl/N-ethyl adjacent to an activating group) is 1. The fourth-order valence-electron chi connectivity index (χ4n) is 3.10. The Labute approximate surface area is 174 Å². The van der Waals surface area contributed by atoms with E-state index in [4.69, 9.17) is 9.73 Å². The Bertz CT molecular complexity index is 541. The van der Waals surface area contributed by atoms with Crippen LogP contribution in [0.2, 0.25) is 0 Å². The summed E-state index contributed by atoms with van der Waals surface area (Å²) in [4.78, 5) is 7.15. The first-order valence-electron chi connectivity index (χ1n) is 9.25. The SMILES string of the molecule is CCNC(=NCC1(N(C)C)CCOCC1)NCCn1cnnc1CC.I. The molecule has 0 unspecified atom stereocenters. The lowest BCUT2D eigenvalue weighted by atomic mass is 9.89. The Kier molecular flexibility index (Phi) is 10.4. The molecule has 0 amide bonds. The van der Waals surface area contributed by atoms with Crippen LogP contribution in [0.5, 0.6) is 0 Å². The van der Waals surface area contributed by atoms with Gasteiger partial charge in [-0.1, -0.05) is 6.92 Å². The highest BCUT2D eigenvalue weighted by Gasteiger charge is 2.34. The molecule has 0 spiro atoms. The average Bonchev–Trinajstić information content (AvgIpc) is 3.08. The number of aryl methyl sites for hydroxylation is 1. The van der Waals surface area contributed by atoms with Crippen LogP contribution in [-0.2, 0) is 17.7 Å². The van der Waals surface area contributed by atoms with Crippen molar-refractivity contribution in [1.29, 1.82) is 0 Å². The van der Waals surface area contributed by atoms with E-state index in [2.05, 4.69) is 58.2 Å². The topological polar surface area (TPSA) is 79.6 Å². The molecule has 26 heavy (non-hydrogen) atoms. The summed E-state index contributed by atoms with van der Waals surface area (Å²) < 4.78 is 7.62.